The molecule has 0 bridgehead atoms. The normalized spacial score (nSPS) is 12.4. The molecule has 1 atom stereocenters. The summed E-state index contributed by atoms with van der Waals surface area (Å²) in [7, 11) is 0. The van der Waals surface area contributed by atoms with Crippen molar-refractivity contribution in [2.45, 2.75) is 19.4 Å². The Hall–Kier alpha value is -1.26. The standard InChI is InChI=1S/C12H14ClN3S/c1-2-9(10-4-3-7-17-10)15-12-8(14)5-6-11(13)16-12/h3-7,9H,2,14H2,1H3,(H,15,16). The second-order valence-electron chi connectivity index (χ2n) is 3.69. The molecule has 0 saturated heterocycles. The van der Waals surface area contributed by atoms with Gasteiger partial charge in [-0.2, -0.15) is 0 Å². The number of nitrogens with one attached hydrogen (secondary N) is 1. The lowest BCUT2D eigenvalue weighted by atomic mass is 10.2. The highest BCUT2D eigenvalue weighted by Crippen LogP contribution is 2.28. The topological polar surface area (TPSA) is 50.9 Å². The maximum atomic E-state index is 5.87. The number of pyridine rings is 1. The van der Waals surface area contributed by atoms with Crippen LogP contribution in [0.1, 0.15) is 24.3 Å². The van der Waals surface area contributed by atoms with Gasteiger partial charge in [-0.1, -0.05) is 24.6 Å². The van der Waals surface area contributed by atoms with E-state index in [1.807, 2.05) is 6.07 Å². The summed E-state index contributed by atoms with van der Waals surface area (Å²) in [5, 5.41) is 5.84. The lowest BCUT2D eigenvalue weighted by Crippen LogP contribution is -2.11. The van der Waals surface area contributed by atoms with Gasteiger partial charge in [-0.3, -0.25) is 0 Å². The van der Waals surface area contributed by atoms with Gasteiger partial charge < -0.3 is 11.1 Å². The Bertz CT molecular complexity index is 485. The van der Waals surface area contributed by atoms with E-state index in [4.69, 9.17) is 17.3 Å². The quantitative estimate of drug-likeness (QED) is 0.825. The van der Waals surface area contributed by atoms with Crippen LogP contribution in [0.25, 0.3) is 0 Å². The molecular weight excluding hydrogens is 254 g/mol. The largest absolute Gasteiger partial charge is 0.396 e. The molecule has 90 valence electrons. The third kappa shape index (κ3) is 2.90. The van der Waals surface area contributed by atoms with Gasteiger partial charge in [-0.15, -0.1) is 11.3 Å². The van der Waals surface area contributed by atoms with E-state index >= 15 is 0 Å². The average Bonchev–Trinajstić information content (AvgIpc) is 2.84. The van der Waals surface area contributed by atoms with Crippen LogP contribution in [0.15, 0.2) is 29.6 Å². The van der Waals surface area contributed by atoms with E-state index in [1.165, 1.54) is 4.88 Å². The summed E-state index contributed by atoms with van der Waals surface area (Å²) in [6.07, 6.45) is 0.966. The van der Waals surface area contributed by atoms with Crippen molar-refractivity contribution < 1.29 is 0 Å². The Morgan fingerprint density at radius 1 is 1.47 bits per heavy atom. The first-order chi connectivity index (χ1) is 8.20. The van der Waals surface area contributed by atoms with Gasteiger partial charge in [0, 0.05) is 4.88 Å². The molecule has 0 aromatic carbocycles. The van der Waals surface area contributed by atoms with Crippen molar-refractivity contribution in [2.75, 3.05) is 11.1 Å². The number of thiophene rings is 1. The maximum absolute atomic E-state index is 5.87. The minimum Gasteiger partial charge on any atom is -0.396 e. The van der Waals surface area contributed by atoms with E-state index in [0.717, 1.165) is 6.42 Å². The molecule has 0 aliphatic carbocycles. The fourth-order valence-electron chi connectivity index (χ4n) is 1.59. The van der Waals surface area contributed by atoms with Gasteiger partial charge in [0.05, 0.1) is 11.7 Å². The molecule has 0 amide bonds. The van der Waals surface area contributed by atoms with Crippen LogP contribution in [0.4, 0.5) is 11.5 Å². The molecular formula is C12H14ClN3S. The van der Waals surface area contributed by atoms with Gasteiger partial charge in [-0.25, -0.2) is 4.98 Å². The van der Waals surface area contributed by atoms with Gasteiger partial charge in [0.25, 0.3) is 0 Å². The van der Waals surface area contributed by atoms with E-state index in [0.29, 0.717) is 16.7 Å². The van der Waals surface area contributed by atoms with Crippen LogP contribution in [0, 0.1) is 0 Å². The van der Waals surface area contributed by atoms with E-state index in [1.54, 1.807) is 23.5 Å². The first-order valence-corrected chi connectivity index (χ1v) is 6.68. The van der Waals surface area contributed by atoms with Crippen molar-refractivity contribution in [3.05, 3.63) is 39.7 Å². The molecule has 2 heterocycles. The number of hydrogen-bond acceptors (Lipinski definition) is 4. The minimum atomic E-state index is 0.225. The molecule has 0 radical (unpaired) electrons. The monoisotopic (exact) mass is 267 g/mol. The number of rotatable bonds is 4. The average molecular weight is 268 g/mol. The molecule has 1 unspecified atom stereocenters. The molecule has 0 aliphatic heterocycles. The van der Waals surface area contributed by atoms with Crippen molar-refractivity contribution >= 4 is 34.4 Å². The Labute approximate surface area is 110 Å². The predicted octanol–water partition coefficient (Wildman–Crippen LogP) is 3.94. The first-order valence-electron chi connectivity index (χ1n) is 5.42. The van der Waals surface area contributed by atoms with Gasteiger partial charge in [0.15, 0.2) is 5.82 Å². The highest BCUT2D eigenvalue weighted by molar-refractivity contribution is 7.10. The van der Waals surface area contributed by atoms with E-state index < -0.39 is 0 Å². The zero-order valence-electron chi connectivity index (χ0n) is 9.48. The molecule has 17 heavy (non-hydrogen) atoms. The second kappa shape index (κ2) is 5.38. The molecule has 2 rings (SSSR count). The number of nitrogens with two attached hydrogens (primary N) is 1. The zero-order valence-corrected chi connectivity index (χ0v) is 11.1. The minimum absolute atomic E-state index is 0.225. The highest BCUT2D eigenvalue weighted by atomic mass is 35.5. The van der Waals surface area contributed by atoms with Crippen LogP contribution in [0.3, 0.4) is 0 Å². The second-order valence-corrected chi connectivity index (χ2v) is 5.06. The zero-order chi connectivity index (χ0) is 12.3. The van der Waals surface area contributed by atoms with Crippen LogP contribution < -0.4 is 11.1 Å². The molecule has 2 aromatic rings. The van der Waals surface area contributed by atoms with Crippen LogP contribution in [-0.2, 0) is 0 Å². The predicted molar refractivity (Wildman–Crippen MR) is 74.6 cm³/mol. The third-order valence-electron chi connectivity index (χ3n) is 2.50. The summed E-state index contributed by atoms with van der Waals surface area (Å²) >= 11 is 7.59. The van der Waals surface area contributed by atoms with Crippen molar-refractivity contribution in [1.82, 2.24) is 4.98 Å². The van der Waals surface area contributed by atoms with Gasteiger partial charge >= 0.3 is 0 Å². The lowest BCUT2D eigenvalue weighted by molar-refractivity contribution is 0.759. The summed E-state index contributed by atoms with van der Waals surface area (Å²) in [5.74, 6) is 0.651. The first kappa shape index (κ1) is 12.2. The fraction of sp³-hybridized carbons (Fsp3) is 0.250. The van der Waals surface area contributed by atoms with Crippen LogP contribution in [0.5, 0.6) is 0 Å². The van der Waals surface area contributed by atoms with Crippen LogP contribution in [0.2, 0.25) is 5.15 Å². The van der Waals surface area contributed by atoms with Crippen LogP contribution >= 0.6 is 22.9 Å². The molecule has 0 aliphatic rings. The number of nitrogens with zero attached hydrogens (tertiary/aromatic N) is 1. The molecule has 3 N–H and O–H groups in total. The summed E-state index contributed by atoms with van der Waals surface area (Å²) in [5.41, 5.74) is 6.48. The summed E-state index contributed by atoms with van der Waals surface area (Å²) in [4.78, 5) is 5.48. The van der Waals surface area contributed by atoms with Crippen molar-refractivity contribution in [1.29, 1.82) is 0 Å². The van der Waals surface area contributed by atoms with E-state index in [-0.39, 0.29) is 6.04 Å². The number of aromatic nitrogens is 1. The van der Waals surface area contributed by atoms with E-state index in [2.05, 4.69) is 28.7 Å². The molecule has 0 saturated carbocycles. The smallest absolute Gasteiger partial charge is 0.151 e. The Morgan fingerprint density at radius 3 is 2.94 bits per heavy atom. The third-order valence-corrected chi connectivity index (χ3v) is 3.69. The Balaban J connectivity index is 2.21. The molecule has 0 spiro atoms. The molecule has 2 aromatic heterocycles. The summed E-state index contributed by atoms with van der Waals surface area (Å²) in [6.45, 7) is 2.12. The number of anilines is 2. The molecule has 5 heteroatoms. The van der Waals surface area contributed by atoms with Crippen molar-refractivity contribution in [3.63, 3.8) is 0 Å². The van der Waals surface area contributed by atoms with Gasteiger partial charge in [0.1, 0.15) is 5.15 Å². The summed E-state index contributed by atoms with van der Waals surface area (Å²) < 4.78 is 0. The molecule has 3 nitrogen and oxygen atoms in total. The number of nitrogen functional groups attached to an aromatic ring is 1. The fourth-order valence-corrected chi connectivity index (χ4v) is 2.60. The summed E-state index contributed by atoms with van der Waals surface area (Å²) in [6, 6.07) is 7.82. The lowest BCUT2D eigenvalue weighted by Gasteiger charge is -2.17. The van der Waals surface area contributed by atoms with Gasteiger partial charge in [0.2, 0.25) is 0 Å². The maximum Gasteiger partial charge on any atom is 0.151 e. The van der Waals surface area contributed by atoms with Crippen molar-refractivity contribution in [3.8, 4) is 0 Å². The number of hydrogen-bond donors (Lipinski definition) is 2. The van der Waals surface area contributed by atoms with E-state index in [9.17, 15) is 0 Å². The highest BCUT2D eigenvalue weighted by Gasteiger charge is 2.12. The van der Waals surface area contributed by atoms with Gasteiger partial charge in [-0.05, 0) is 30.0 Å². The van der Waals surface area contributed by atoms with Crippen LogP contribution in [-0.4, -0.2) is 4.98 Å². The number of halogens is 1. The molecule has 0 fully saturated rings. The Morgan fingerprint density at radius 2 is 2.29 bits per heavy atom. The van der Waals surface area contributed by atoms with Crippen molar-refractivity contribution in [2.24, 2.45) is 0 Å². The SMILES string of the molecule is CCC(Nc1nc(Cl)ccc1N)c1cccs1. The Kier molecular flexibility index (Phi) is 3.86.